The molecular formula is C14H25N3O. The minimum Gasteiger partial charge on any atom is -0.376 e. The highest BCUT2D eigenvalue weighted by atomic mass is 16.5. The Bertz CT molecular complexity index is 394. The second-order valence-corrected chi connectivity index (χ2v) is 5.27. The fraction of sp³-hybridized carbons (Fsp3) is 0.786. The zero-order valence-electron chi connectivity index (χ0n) is 12.0. The minimum absolute atomic E-state index is 0.342. The van der Waals surface area contributed by atoms with Crippen LogP contribution in [0.15, 0.2) is 0 Å². The third-order valence-electron chi connectivity index (χ3n) is 3.95. The molecule has 0 aromatic carbocycles. The zero-order valence-corrected chi connectivity index (χ0v) is 12.0. The maximum Gasteiger partial charge on any atom is 0.0771 e. The topological polar surface area (TPSA) is 39.1 Å². The van der Waals surface area contributed by atoms with Crippen LogP contribution < -0.4 is 5.32 Å². The molecule has 1 fully saturated rings. The Morgan fingerprint density at radius 3 is 2.83 bits per heavy atom. The Morgan fingerprint density at radius 2 is 2.22 bits per heavy atom. The fourth-order valence-electron chi connectivity index (χ4n) is 2.80. The van der Waals surface area contributed by atoms with Crippen LogP contribution in [0, 0.1) is 13.8 Å². The molecule has 102 valence electrons. The Morgan fingerprint density at radius 1 is 1.44 bits per heavy atom. The average molecular weight is 251 g/mol. The summed E-state index contributed by atoms with van der Waals surface area (Å²) in [6.45, 7) is 8.23. The molecule has 1 aliphatic heterocycles. The number of nitrogens with one attached hydrogen (secondary N) is 1. The Labute approximate surface area is 110 Å². The van der Waals surface area contributed by atoms with Crippen LogP contribution in [0.1, 0.15) is 49.2 Å². The lowest BCUT2D eigenvalue weighted by Gasteiger charge is -2.23. The quantitative estimate of drug-likeness (QED) is 0.893. The van der Waals surface area contributed by atoms with E-state index in [0.717, 1.165) is 25.3 Å². The summed E-state index contributed by atoms with van der Waals surface area (Å²) in [7, 11) is 1.99. The lowest BCUT2D eigenvalue weighted by molar-refractivity contribution is 0.00360. The first-order valence-electron chi connectivity index (χ1n) is 6.96. The van der Waals surface area contributed by atoms with Crippen molar-refractivity contribution in [1.82, 2.24) is 15.1 Å². The van der Waals surface area contributed by atoms with Crippen molar-refractivity contribution in [2.45, 2.75) is 58.7 Å². The van der Waals surface area contributed by atoms with E-state index in [9.17, 15) is 0 Å². The van der Waals surface area contributed by atoms with Gasteiger partial charge in [0.05, 0.1) is 18.3 Å². The smallest absolute Gasteiger partial charge is 0.0771 e. The van der Waals surface area contributed by atoms with Crippen LogP contribution in [0.2, 0.25) is 0 Å². The van der Waals surface area contributed by atoms with Crippen molar-refractivity contribution in [3.05, 3.63) is 17.0 Å². The van der Waals surface area contributed by atoms with Crippen LogP contribution in [0.4, 0.5) is 0 Å². The van der Waals surface area contributed by atoms with E-state index in [-0.39, 0.29) is 0 Å². The van der Waals surface area contributed by atoms with E-state index in [0.29, 0.717) is 12.1 Å². The third-order valence-corrected chi connectivity index (χ3v) is 3.95. The predicted octanol–water partition coefficient (Wildman–Crippen LogP) is 2.35. The average Bonchev–Trinajstić information content (AvgIpc) is 2.65. The van der Waals surface area contributed by atoms with Gasteiger partial charge in [0.1, 0.15) is 0 Å². The highest BCUT2D eigenvalue weighted by Crippen LogP contribution is 2.22. The Hall–Kier alpha value is -0.870. The molecule has 0 amide bonds. The second-order valence-electron chi connectivity index (χ2n) is 5.27. The molecule has 4 heteroatoms. The third kappa shape index (κ3) is 2.75. The van der Waals surface area contributed by atoms with Crippen molar-refractivity contribution < 1.29 is 4.74 Å². The Balaban J connectivity index is 2.13. The van der Waals surface area contributed by atoms with Gasteiger partial charge in [0.2, 0.25) is 0 Å². The summed E-state index contributed by atoms with van der Waals surface area (Å²) in [6.07, 6.45) is 3.99. The van der Waals surface area contributed by atoms with Crippen molar-refractivity contribution in [3.63, 3.8) is 0 Å². The summed E-state index contributed by atoms with van der Waals surface area (Å²) in [4.78, 5) is 0. The zero-order chi connectivity index (χ0) is 13.1. The molecule has 0 bridgehead atoms. The number of hydrogen-bond acceptors (Lipinski definition) is 3. The molecule has 2 unspecified atom stereocenters. The molecule has 1 aromatic heterocycles. The van der Waals surface area contributed by atoms with Crippen molar-refractivity contribution in [2.24, 2.45) is 0 Å². The van der Waals surface area contributed by atoms with Crippen LogP contribution >= 0.6 is 0 Å². The molecule has 0 aliphatic carbocycles. The number of aryl methyl sites for hydroxylation is 1. The van der Waals surface area contributed by atoms with Gasteiger partial charge in [-0.2, -0.15) is 5.10 Å². The van der Waals surface area contributed by atoms with Crippen molar-refractivity contribution in [2.75, 3.05) is 13.7 Å². The maximum absolute atomic E-state index is 5.80. The molecule has 0 radical (unpaired) electrons. The largest absolute Gasteiger partial charge is 0.376 e. The molecule has 1 aliphatic rings. The van der Waals surface area contributed by atoms with Crippen LogP contribution in [0.25, 0.3) is 0 Å². The first-order chi connectivity index (χ1) is 8.63. The fourth-order valence-corrected chi connectivity index (χ4v) is 2.80. The molecule has 2 heterocycles. The standard InChI is InChI=1S/C14H25N3O/c1-10(15-4)14-11(2)16-17(12(14)3)9-13-7-5-6-8-18-13/h10,13,15H,5-9H2,1-4H3. The van der Waals surface area contributed by atoms with Gasteiger partial charge in [-0.25, -0.2) is 0 Å². The van der Waals surface area contributed by atoms with E-state index in [4.69, 9.17) is 4.74 Å². The summed E-state index contributed by atoms with van der Waals surface area (Å²) in [6, 6.07) is 0.353. The van der Waals surface area contributed by atoms with Gasteiger partial charge in [-0.05, 0) is 47.1 Å². The SMILES string of the molecule is CNC(C)c1c(C)nn(CC2CCCCO2)c1C. The molecule has 2 rings (SSSR count). The number of aromatic nitrogens is 2. The van der Waals surface area contributed by atoms with Crippen molar-refractivity contribution >= 4 is 0 Å². The molecule has 2 atom stereocenters. The number of rotatable bonds is 4. The van der Waals surface area contributed by atoms with Gasteiger partial charge >= 0.3 is 0 Å². The molecule has 0 saturated carbocycles. The summed E-state index contributed by atoms with van der Waals surface area (Å²) < 4.78 is 7.92. The molecule has 1 saturated heterocycles. The molecule has 0 spiro atoms. The second kappa shape index (κ2) is 5.85. The monoisotopic (exact) mass is 251 g/mol. The summed E-state index contributed by atoms with van der Waals surface area (Å²) in [5.41, 5.74) is 3.72. The minimum atomic E-state index is 0.342. The molecule has 1 N–H and O–H groups in total. The predicted molar refractivity (Wildman–Crippen MR) is 72.8 cm³/mol. The van der Waals surface area contributed by atoms with Gasteiger partial charge in [0, 0.05) is 23.9 Å². The summed E-state index contributed by atoms with van der Waals surface area (Å²) in [5, 5.41) is 7.97. The van der Waals surface area contributed by atoms with Gasteiger partial charge in [-0.3, -0.25) is 4.68 Å². The lowest BCUT2D eigenvalue weighted by atomic mass is 10.1. The van der Waals surface area contributed by atoms with Gasteiger partial charge in [0.25, 0.3) is 0 Å². The lowest BCUT2D eigenvalue weighted by Crippen LogP contribution is -2.25. The summed E-state index contributed by atoms with van der Waals surface area (Å²) in [5.74, 6) is 0. The first-order valence-corrected chi connectivity index (χ1v) is 6.96. The van der Waals surface area contributed by atoms with Gasteiger partial charge in [-0.1, -0.05) is 0 Å². The highest BCUT2D eigenvalue weighted by molar-refractivity contribution is 5.27. The Kier molecular flexibility index (Phi) is 4.40. The van der Waals surface area contributed by atoms with Crippen molar-refractivity contribution in [3.8, 4) is 0 Å². The first kappa shape index (κ1) is 13.6. The van der Waals surface area contributed by atoms with E-state index < -0.39 is 0 Å². The van der Waals surface area contributed by atoms with E-state index in [1.165, 1.54) is 24.1 Å². The molecule has 4 nitrogen and oxygen atoms in total. The van der Waals surface area contributed by atoms with Crippen LogP contribution in [-0.4, -0.2) is 29.5 Å². The van der Waals surface area contributed by atoms with Crippen LogP contribution in [-0.2, 0) is 11.3 Å². The van der Waals surface area contributed by atoms with Gasteiger partial charge in [0.15, 0.2) is 0 Å². The maximum atomic E-state index is 5.80. The van der Waals surface area contributed by atoms with E-state index in [1.807, 2.05) is 7.05 Å². The number of hydrogen-bond donors (Lipinski definition) is 1. The number of nitrogens with zero attached hydrogens (tertiary/aromatic N) is 2. The molecule has 1 aromatic rings. The molecule has 18 heavy (non-hydrogen) atoms. The van der Waals surface area contributed by atoms with E-state index >= 15 is 0 Å². The van der Waals surface area contributed by atoms with Crippen LogP contribution in [0.3, 0.4) is 0 Å². The van der Waals surface area contributed by atoms with E-state index in [1.54, 1.807) is 0 Å². The normalized spacial score (nSPS) is 22.1. The van der Waals surface area contributed by atoms with E-state index in [2.05, 4.69) is 35.9 Å². The number of ether oxygens (including phenoxy) is 1. The highest BCUT2D eigenvalue weighted by Gasteiger charge is 2.20. The molecular weight excluding hydrogens is 226 g/mol. The van der Waals surface area contributed by atoms with Gasteiger partial charge < -0.3 is 10.1 Å². The van der Waals surface area contributed by atoms with Crippen LogP contribution in [0.5, 0.6) is 0 Å². The van der Waals surface area contributed by atoms with Crippen molar-refractivity contribution in [1.29, 1.82) is 0 Å². The summed E-state index contributed by atoms with van der Waals surface area (Å²) >= 11 is 0. The van der Waals surface area contributed by atoms with Gasteiger partial charge in [-0.15, -0.1) is 0 Å².